The van der Waals surface area contributed by atoms with Gasteiger partial charge in [0, 0.05) is 25.9 Å². The van der Waals surface area contributed by atoms with Gasteiger partial charge in [-0.2, -0.15) is 0 Å². The zero-order valence-corrected chi connectivity index (χ0v) is 15.0. The van der Waals surface area contributed by atoms with E-state index >= 15 is 0 Å². The van der Waals surface area contributed by atoms with Gasteiger partial charge in [0.15, 0.2) is 5.75 Å². The number of benzene rings is 2. The van der Waals surface area contributed by atoms with Crippen molar-refractivity contribution >= 4 is 17.5 Å². The maximum atomic E-state index is 12.2. The minimum absolute atomic E-state index is 0.0907. The average molecular weight is 352 g/mol. The summed E-state index contributed by atoms with van der Waals surface area (Å²) < 4.78 is 5.95. The van der Waals surface area contributed by atoms with Gasteiger partial charge in [0.05, 0.1) is 5.69 Å². The Kier molecular flexibility index (Phi) is 5.89. The van der Waals surface area contributed by atoms with Crippen LogP contribution in [0.1, 0.15) is 26.2 Å². The Morgan fingerprint density at radius 2 is 1.77 bits per heavy atom. The number of anilines is 1. The smallest absolute Gasteiger partial charge is 0.224 e. The maximum absolute atomic E-state index is 12.2. The maximum Gasteiger partial charge on any atom is 0.224 e. The first-order valence-electron chi connectivity index (χ1n) is 9.03. The van der Waals surface area contributed by atoms with Gasteiger partial charge in [0.1, 0.15) is 5.75 Å². The Bertz CT molecular complexity index is 757. The summed E-state index contributed by atoms with van der Waals surface area (Å²) >= 11 is 0. The van der Waals surface area contributed by atoms with Gasteiger partial charge in [-0.15, -0.1) is 0 Å². The van der Waals surface area contributed by atoms with Crippen LogP contribution in [0.4, 0.5) is 5.69 Å². The molecule has 0 aliphatic heterocycles. The molecule has 1 aliphatic rings. The molecule has 136 valence electrons. The average Bonchev–Trinajstić information content (AvgIpc) is 2.59. The normalized spacial score (nSPS) is 13.6. The van der Waals surface area contributed by atoms with Crippen molar-refractivity contribution in [2.45, 2.75) is 26.2 Å². The molecule has 1 N–H and O–H groups in total. The van der Waals surface area contributed by atoms with E-state index in [9.17, 15) is 9.59 Å². The fourth-order valence-corrected chi connectivity index (χ4v) is 2.94. The minimum Gasteiger partial charge on any atom is -0.455 e. The van der Waals surface area contributed by atoms with E-state index in [0.717, 1.165) is 19.3 Å². The number of carbonyl (C=O) groups excluding carboxylic acids is 2. The largest absolute Gasteiger partial charge is 0.455 e. The second-order valence-electron chi connectivity index (χ2n) is 6.47. The molecule has 1 aliphatic carbocycles. The lowest BCUT2D eigenvalue weighted by atomic mass is 9.85. The van der Waals surface area contributed by atoms with Crippen molar-refractivity contribution in [3.63, 3.8) is 0 Å². The molecule has 0 heterocycles. The molecule has 0 saturated heterocycles. The number of amides is 2. The molecule has 0 atom stereocenters. The monoisotopic (exact) mass is 352 g/mol. The predicted molar refractivity (Wildman–Crippen MR) is 101 cm³/mol. The Balaban J connectivity index is 1.69. The molecule has 2 amide bonds. The van der Waals surface area contributed by atoms with E-state index in [1.165, 1.54) is 6.92 Å². The van der Waals surface area contributed by atoms with Crippen molar-refractivity contribution in [2.75, 3.05) is 18.0 Å². The summed E-state index contributed by atoms with van der Waals surface area (Å²) in [5.41, 5.74) is 0.696. The van der Waals surface area contributed by atoms with Gasteiger partial charge in [-0.3, -0.25) is 9.59 Å². The highest BCUT2D eigenvalue weighted by molar-refractivity contribution is 5.93. The van der Waals surface area contributed by atoms with Crippen molar-refractivity contribution in [3.05, 3.63) is 54.6 Å². The van der Waals surface area contributed by atoms with Crippen LogP contribution in [-0.4, -0.2) is 24.9 Å². The third-order valence-electron chi connectivity index (χ3n) is 4.62. The van der Waals surface area contributed by atoms with Gasteiger partial charge in [0.25, 0.3) is 0 Å². The molecule has 2 aromatic carbocycles. The van der Waals surface area contributed by atoms with E-state index in [1.54, 1.807) is 4.90 Å². The zero-order valence-electron chi connectivity index (χ0n) is 15.0. The molecule has 2 aromatic rings. The van der Waals surface area contributed by atoms with Crippen LogP contribution < -0.4 is 15.0 Å². The van der Waals surface area contributed by atoms with Crippen LogP contribution in [0.3, 0.4) is 0 Å². The Morgan fingerprint density at radius 3 is 2.42 bits per heavy atom. The number of hydrogen-bond acceptors (Lipinski definition) is 3. The lowest BCUT2D eigenvalue weighted by molar-refractivity contribution is -0.127. The van der Waals surface area contributed by atoms with Gasteiger partial charge in [0.2, 0.25) is 11.8 Å². The number of rotatable bonds is 7. The molecule has 0 unspecified atom stereocenters. The van der Waals surface area contributed by atoms with Crippen LogP contribution in [0.2, 0.25) is 0 Å². The molecule has 1 fully saturated rings. The van der Waals surface area contributed by atoms with Crippen LogP contribution in [-0.2, 0) is 9.59 Å². The lowest BCUT2D eigenvalue weighted by Gasteiger charge is -2.26. The SMILES string of the molecule is CC(=O)N(CCNC(=O)C1CCC1)c1ccccc1Oc1ccccc1. The van der Waals surface area contributed by atoms with Crippen molar-refractivity contribution in [1.29, 1.82) is 0 Å². The fourth-order valence-electron chi connectivity index (χ4n) is 2.94. The standard InChI is InChI=1S/C21H24N2O3/c1-16(24)23(15-14-22-21(25)17-8-7-9-17)19-12-5-6-13-20(19)26-18-10-3-2-4-11-18/h2-6,10-13,17H,7-9,14-15H2,1H3,(H,22,25). The van der Waals surface area contributed by atoms with Gasteiger partial charge >= 0.3 is 0 Å². The summed E-state index contributed by atoms with van der Waals surface area (Å²) in [7, 11) is 0. The summed E-state index contributed by atoms with van der Waals surface area (Å²) in [5, 5.41) is 2.94. The van der Waals surface area contributed by atoms with Crippen LogP contribution in [0, 0.1) is 5.92 Å². The van der Waals surface area contributed by atoms with Crippen molar-refractivity contribution in [3.8, 4) is 11.5 Å². The number of ether oxygens (including phenoxy) is 1. The molecule has 0 spiro atoms. The number of carbonyl (C=O) groups is 2. The van der Waals surface area contributed by atoms with Crippen molar-refractivity contribution in [1.82, 2.24) is 5.32 Å². The first-order valence-corrected chi connectivity index (χ1v) is 9.03. The summed E-state index contributed by atoms with van der Waals surface area (Å²) in [6.07, 6.45) is 3.06. The molecule has 5 nitrogen and oxygen atoms in total. The van der Waals surface area contributed by atoms with Crippen LogP contribution in [0.25, 0.3) is 0 Å². The van der Waals surface area contributed by atoms with Gasteiger partial charge < -0.3 is 15.0 Å². The molecule has 0 aromatic heterocycles. The molecular weight excluding hydrogens is 328 g/mol. The van der Waals surface area contributed by atoms with E-state index < -0.39 is 0 Å². The third kappa shape index (κ3) is 4.42. The summed E-state index contributed by atoms with van der Waals surface area (Å²) in [6, 6.07) is 16.9. The van der Waals surface area contributed by atoms with E-state index in [2.05, 4.69) is 5.32 Å². The van der Waals surface area contributed by atoms with E-state index in [1.807, 2.05) is 54.6 Å². The van der Waals surface area contributed by atoms with E-state index in [0.29, 0.717) is 30.3 Å². The number of hydrogen-bond donors (Lipinski definition) is 1. The molecule has 0 radical (unpaired) electrons. The molecule has 5 heteroatoms. The second-order valence-corrected chi connectivity index (χ2v) is 6.47. The Hall–Kier alpha value is -2.82. The molecule has 1 saturated carbocycles. The van der Waals surface area contributed by atoms with E-state index in [4.69, 9.17) is 4.74 Å². The van der Waals surface area contributed by atoms with Crippen molar-refractivity contribution < 1.29 is 14.3 Å². The highest BCUT2D eigenvalue weighted by Crippen LogP contribution is 2.32. The topological polar surface area (TPSA) is 58.6 Å². The fraction of sp³-hybridized carbons (Fsp3) is 0.333. The molecule has 3 rings (SSSR count). The first kappa shape index (κ1) is 18.0. The molecule has 0 bridgehead atoms. The predicted octanol–water partition coefficient (Wildman–Crippen LogP) is 3.75. The van der Waals surface area contributed by atoms with E-state index in [-0.39, 0.29) is 17.7 Å². The summed E-state index contributed by atoms with van der Waals surface area (Å²) in [6.45, 7) is 2.35. The quantitative estimate of drug-likeness (QED) is 0.826. The third-order valence-corrected chi connectivity index (χ3v) is 4.62. The first-order chi connectivity index (χ1) is 12.6. The lowest BCUT2D eigenvalue weighted by Crippen LogP contribution is -2.41. The Labute approximate surface area is 154 Å². The number of nitrogens with zero attached hydrogens (tertiary/aromatic N) is 1. The van der Waals surface area contributed by atoms with Gasteiger partial charge in [-0.25, -0.2) is 0 Å². The van der Waals surface area contributed by atoms with Crippen LogP contribution >= 0.6 is 0 Å². The van der Waals surface area contributed by atoms with Gasteiger partial charge in [-0.1, -0.05) is 36.8 Å². The summed E-state index contributed by atoms with van der Waals surface area (Å²) in [4.78, 5) is 25.8. The van der Waals surface area contributed by atoms with Gasteiger partial charge in [-0.05, 0) is 37.1 Å². The minimum atomic E-state index is -0.0907. The summed E-state index contributed by atoms with van der Waals surface area (Å²) in [5.74, 6) is 1.47. The Morgan fingerprint density at radius 1 is 1.08 bits per heavy atom. The van der Waals surface area contributed by atoms with Crippen LogP contribution in [0.5, 0.6) is 11.5 Å². The second kappa shape index (κ2) is 8.52. The number of nitrogens with one attached hydrogen (secondary N) is 1. The van der Waals surface area contributed by atoms with Crippen LogP contribution in [0.15, 0.2) is 54.6 Å². The molecule has 26 heavy (non-hydrogen) atoms. The molecular formula is C21H24N2O3. The number of para-hydroxylation sites is 3. The van der Waals surface area contributed by atoms with Crippen molar-refractivity contribution in [2.24, 2.45) is 5.92 Å². The zero-order chi connectivity index (χ0) is 18.4. The highest BCUT2D eigenvalue weighted by Gasteiger charge is 2.25. The highest BCUT2D eigenvalue weighted by atomic mass is 16.5.